The molecule has 6 nitrogen and oxygen atoms in total. The number of aromatic nitrogens is 4. The van der Waals surface area contributed by atoms with E-state index in [-0.39, 0.29) is 17.0 Å². The third-order valence-electron chi connectivity index (χ3n) is 4.62. The van der Waals surface area contributed by atoms with Gasteiger partial charge in [-0.25, -0.2) is 9.37 Å². The maximum absolute atomic E-state index is 13.3. The average molecular weight is 371 g/mol. The van der Waals surface area contributed by atoms with Crippen molar-refractivity contribution >= 4 is 23.5 Å². The molecule has 0 radical (unpaired) electrons. The Morgan fingerprint density at radius 1 is 1.27 bits per heavy atom. The second-order valence-corrected chi connectivity index (χ2v) is 7.37. The number of carbonyl (C=O) groups is 1. The monoisotopic (exact) mass is 371 g/mol. The van der Waals surface area contributed by atoms with Crippen LogP contribution in [0.4, 0.5) is 10.2 Å². The molecule has 1 amide bonds. The first kappa shape index (κ1) is 16.8. The highest BCUT2D eigenvalue weighted by atomic mass is 32.2. The van der Waals surface area contributed by atoms with Gasteiger partial charge in [-0.3, -0.25) is 14.0 Å². The Bertz CT molecular complexity index is 992. The van der Waals surface area contributed by atoms with E-state index in [1.807, 2.05) is 30.1 Å². The van der Waals surface area contributed by atoms with Crippen molar-refractivity contribution in [1.29, 1.82) is 0 Å². The highest BCUT2D eigenvalue weighted by Crippen LogP contribution is 2.44. The lowest BCUT2D eigenvalue weighted by Gasteiger charge is -2.18. The highest BCUT2D eigenvalue weighted by Gasteiger charge is 2.32. The predicted octanol–water partition coefficient (Wildman–Crippen LogP) is 3.14. The summed E-state index contributed by atoms with van der Waals surface area (Å²) in [5, 5.41) is 7.30. The summed E-state index contributed by atoms with van der Waals surface area (Å²) < 4.78 is 17.1. The smallest absolute Gasteiger partial charge is 0.235 e. The molecular formula is C18H18FN5OS. The summed E-state index contributed by atoms with van der Waals surface area (Å²) in [4.78, 5) is 16.5. The van der Waals surface area contributed by atoms with Crippen LogP contribution in [0.2, 0.25) is 0 Å². The fraction of sp³-hybridized carbons (Fsp3) is 0.278. The molecule has 1 atom stereocenters. The van der Waals surface area contributed by atoms with Crippen LogP contribution in [0.3, 0.4) is 0 Å². The molecule has 0 fully saturated rings. The number of aryl methyl sites for hydroxylation is 2. The van der Waals surface area contributed by atoms with Crippen LogP contribution in [0, 0.1) is 19.7 Å². The third-order valence-corrected chi connectivity index (χ3v) is 5.84. The van der Waals surface area contributed by atoms with E-state index in [1.165, 1.54) is 12.1 Å². The van der Waals surface area contributed by atoms with Crippen LogP contribution < -0.4 is 5.32 Å². The molecule has 1 aliphatic heterocycles. The number of thioether (sulfide) groups is 1. The topological polar surface area (TPSA) is 64.7 Å². The molecule has 2 aromatic heterocycles. The number of nitrogens with one attached hydrogen (secondary N) is 1. The van der Waals surface area contributed by atoms with Crippen LogP contribution in [0.25, 0.3) is 5.69 Å². The number of rotatable bonds is 2. The Morgan fingerprint density at radius 2 is 2.00 bits per heavy atom. The summed E-state index contributed by atoms with van der Waals surface area (Å²) in [6.45, 7) is 4.00. The van der Waals surface area contributed by atoms with E-state index in [4.69, 9.17) is 0 Å². The SMILES string of the molecule is Cc1nn(C)c(C)c1[C@@H]1SCC(=O)Nc2ncn(-c3ccc(F)cc3)c21. The largest absolute Gasteiger partial charge is 0.308 e. The number of nitrogens with zero attached hydrogens (tertiary/aromatic N) is 4. The molecule has 0 saturated carbocycles. The Hall–Kier alpha value is -2.61. The van der Waals surface area contributed by atoms with Gasteiger partial charge in [0.05, 0.1) is 22.4 Å². The van der Waals surface area contributed by atoms with Crippen LogP contribution >= 0.6 is 11.8 Å². The minimum Gasteiger partial charge on any atom is -0.308 e. The van der Waals surface area contributed by atoms with Crippen LogP contribution in [-0.2, 0) is 11.8 Å². The van der Waals surface area contributed by atoms with Gasteiger partial charge in [-0.1, -0.05) is 0 Å². The number of anilines is 1. The highest BCUT2D eigenvalue weighted by molar-refractivity contribution is 8.00. The third kappa shape index (κ3) is 2.70. The summed E-state index contributed by atoms with van der Waals surface area (Å²) >= 11 is 1.55. The fourth-order valence-electron chi connectivity index (χ4n) is 3.31. The minimum absolute atomic E-state index is 0.0812. The molecule has 0 unspecified atom stereocenters. The van der Waals surface area contributed by atoms with Gasteiger partial charge in [-0.05, 0) is 38.1 Å². The van der Waals surface area contributed by atoms with E-state index in [0.717, 1.165) is 28.3 Å². The van der Waals surface area contributed by atoms with Crippen molar-refractivity contribution in [2.75, 3.05) is 11.1 Å². The van der Waals surface area contributed by atoms with Gasteiger partial charge in [0.25, 0.3) is 0 Å². The molecule has 0 bridgehead atoms. The molecule has 1 N–H and O–H groups in total. The van der Waals surface area contributed by atoms with Crippen molar-refractivity contribution in [2.45, 2.75) is 19.1 Å². The van der Waals surface area contributed by atoms with Crippen molar-refractivity contribution in [3.8, 4) is 5.69 Å². The zero-order valence-corrected chi connectivity index (χ0v) is 15.5. The van der Waals surface area contributed by atoms with E-state index in [2.05, 4.69) is 15.4 Å². The summed E-state index contributed by atoms with van der Waals surface area (Å²) in [6, 6.07) is 6.24. The average Bonchev–Trinajstić information content (AvgIpc) is 3.06. The molecule has 0 saturated heterocycles. The van der Waals surface area contributed by atoms with Gasteiger partial charge in [-0.15, -0.1) is 11.8 Å². The molecule has 3 aromatic rings. The maximum Gasteiger partial charge on any atom is 0.235 e. The van der Waals surface area contributed by atoms with Crippen LogP contribution in [0.5, 0.6) is 0 Å². The molecule has 4 rings (SSSR count). The summed E-state index contributed by atoms with van der Waals surface area (Å²) in [5.41, 5.74) is 4.72. The van der Waals surface area contributed by atoms with E-state index >= 15 is 0 Å². The molecule has 0 aliphatic carbocycles. The second-order valence-electron chi connectivity index (χ2n) is 6.27. The molecule has 26 heavy (non-hydrogen) atoms. The van der Waals surface area contributed by atoms with Gasteiger partial charge in [0, 0.05) is 24.0 Å². The Balaban J connectivity index is 1.92. The van der Waals surface area contributed by atoms with E-state index < -0.39 is 0 Å². The normalized spacial score (nSPS) is 16.9. The molecule has 1 aliphatic rings. The number of carbonyl (C=O) groups excluding carboxylic acids is 1. The number of hydrogen-bond acceptors (Lipinski definition) is 4. The number of fused-ring (bicyclic) bond motifs is 1. The lowest BCUT2D eigenvalue weighted by Crippen LogP contribution is -2.12. The van der Waals surface area contributed by atoms with Crippen LogP contribution in [0.15, 0.2) is 30.6 Å². The van der Waals surface area contributed by atoms with Crippen molar-refractivity contribution in [3.63, 3.8) is 0 Å². The number of benzene rings is 1. The summed E-state index contributed by atoms with van der Waals surface area (Å²) in [6.07, 6.45) is 1.66. The first-order valence-electron chi connectivity index (χ1n) is 8.20. The van der Waals surface area contributed by atoms with Crippen LogP contribution in [0.1, 0.15) is 27.9 Å². The quantitative estimate of drug-likeness (QED) is 0.752. The van der Waals surface area contributed by atoms with Crippen molar-refractivity contribution in [2.24, 2.45) is 7.05 Å². The Kier molecular flexibility index (Phi) is 4.07. The predicted molar refractivity (Wildman–Crippen MR) is 99.1 cm³/mol. The van der Waals surface area contributed by atoms with Gasteiger partial charge < -0.3 is 5.32 Å². The van der Waals surface area contributed by atoms with Gasteiger partial charge in [0.15, 0.2) is 5.82 Å². The molecule has 1 aromatic carbocycles. The standard InChI is InChI=1S/C18H18FN5OS/c1-10-15(11(2)23(3)22-10)17-16-18(21-14(25)8-26-17)20-9-24(16)13-6-4-12(19)5-7-13/h4-7,9,17H,8H2,1-3H3,(H,21,25)/t17-/m0/s1. The van der Waals surface area contributed by atoms with E-state index in [9.17, 15) is 9.18 Å². The molecule has 134 valence electrons. The maximum atomic E-state index is 13.3. The lowest BCUT2D eigenvalue weighted by atomic mass is 10.1. The number of halogens is 1. The van der Waals surface area contributed by atoms with Crippen molar-refractivity contribution in [3.05, 3.63) is 59.1 Å². The van der Waals surface area contributed by atoms with Crippen molar-refractivity contribution in [1.82, 2.24) is 19.3 Å². The van der Waals surface area contributed by atoms with Gasteiger partial charge in [-0.2, -0.15) is 5.10 Å². The van der Waals surface area contributed by atoms with Gasteiger partial charge in [0.1, 0.15) is 12.1 Å². The zero-order chi connectivity index (χ0) is 18.4. The van der Waals surface area contributed by atoms with E-state index in [1.54, 1.807) is 30.2 Å². The molecule has 8 heteroatoms. The summed E-state index contributed by atoms with van der Waals surface area (Å²) in [7, 11) is 1.91. The molecule has 3 heterocycles. The first-order chi connectivity index (χ1) is 12.5. The van der Waals surface area contributed by atoms with E-state index in [0.29, 0.717) is 11.6 Å². The first-order valence-corrected chi connectivity index (χ1v) is 9.25. The number of amides is 1. The Morgan fingerprint density at radius 3 is 2.65 bits per heavy atom. The number of imidazole rings is 1. The molecule has 0 spiro atoms. The lowest BCUT2D eigenvalue weighted by molar-refractivity contribution is -0.113. The molecular weight excluding hydrogens is 353 g/mol. The van der Waals surface area contributed by atoms with Gasteiger partial charge in [0.2, 0.25) is 5.91 Å². The fourth-order valence-corrected chi connectivity index (χ4v) is 4.59. The number of hydrogen-bond donors (Lipinski definition) is 1. The zero-order valence-electron chi connectivity index (χ0n) is 14.7. The van der Waals surface area contributed by atoms with Crippen LogP contribution in [-0.4, -0.2) is 31.0 Å². The Labute approximate surface area is 154 Å². The minimum atomic E-state index is -0.293. The second kappa shape index (κ2) is 6.28. The summed E-state index contributed by atoms with van der Waals surface area (Å²) in [5.74, 6) is 0.496. The van der Waals surface area contributed by atoms with Gasteiger partial charge >= 0.3 is 0 Å². The van der Waals surface area contributed by atoms with Crippen molar-refractivity contribution < 1.29 is 9.18 Å².